The molecule has 0 radical (unpaired) electrons. The molecule has 0 aliphatic carbocycles. The predicted molar refractivity (Wildman–Crippen MR) is 161 cm³/mol. The van der Waals surface area contributed by atoms with Crippen LogP contribution in [0, 0.1) is 0 Å². The molecule has 0 bridgehead atoms. The molecule has 6 aromatic carbocycles. The van der Waals surface area contributed by atoms with Crippen LogP contribution in [0.5, 0.6) is 0 Å². The van der Waals surface area contributed by atoms with Crippen LogP contribution >= 0.6 is 22.7 Å². The van der Waals surface area contributed by atoms with Gasteiger partial charge in [-0.2, -0.15) is 0 Å². The molecule has 8 aromatic rings. The lowest BCUT2D eigenvalue weighted by Gasteiger charge is -2.17. The summed E-state index contributed by atoms with van der Waals surface area (Å²) in [5.74, 6) is 0. The van der Waals surface area contributed by atoms with E-state index in [2.05, 4.69) is 121 Å². The second-order valence-corrected chi connectivity index (χ2v) is 11.3. The summed E-state index contributed by atoms with van der Waals surface area (Å²) >= 11 is 3.75. The van der Waals surface area contributed by atoms with E-state index < -0.39 is 0 Å². The lowest BCUT2D eigenvalue weighted by molar-refractivity contribution is 1.66. The summed E-state index contributed by atoms with van der Waals surface area (Å²) in [6.45, 7) is 0. The van der Waals surface area contributed by atoms with Crippen LogP contribution in [0.15, 0.2) is 121 Å². The Bertz CT molecular complexity index is 2030. The largest absolute Gasteiger partial charge is 0.143 e. The molecule has 2 heterocycles. The van der Waals surface area contributed by atoms with Gasteiger partial charge in [0.15, 0.2) is 0 Å². The molecule has 0 unspecified atom stereocenters. The molecule has 0 aliphatic rings. The minimum Gasteiger partial charge on any atom is -0.143 e. The summed E-state index contributed by atoms with van der Waals surface area (Å²) in [7, 11) is 0. The first-order valence-electron chi connectivity index (χ1n) is 12.2. The monoisotopic (exact) mass is 492 g/mol. The predicted octanol–water partition coefficient (Wildman–Crippen LogP) is 10.9. The summed E-state index contributed by atoms with van der Waals surface area (Å²) in [5, 5.41) is 11.5. The van der Waals surface area contributed by atoms with E-state index in [4.69, 9.17) is 0 Å². The van der Waals surface area contributed by atoms with Crippen molar-refractivity contribution in [3.63, 3.8) is 0 Å². The summed E-state index contributed by atoms with van der Waals surface area (Å²) in [6.07, 6.45) is 0. The zero-order chi connectivity index (χ0) is 23.6. The molecular formula is C34H20S2. The van der Waals surface area contributed by atoms with E-state index in [-0.39, 0.29) is 0 Å². The number of hydrogen-bond acceptors (Lipinski definition) is 2. The van der Waals surface area contributed by atoms with Crippen molar-refractivity contribution in [1.29, 1.82) is 0 Å². The van der Waals surface area contributed by atoms with Gasteiger partial charge in [-0.25, -0.2) is 0 Å². The zero-order valence-electron chi connectivity index (χ0n) is 19.4. The lowest BCUT2D eigenvalue weighted by atomic mass is 9.86. The number of benzene rings is 6. The van der Waals surface area contributed by atoms with Crippen LogP contribution in [0.3, 0.4) is 0 Å². The molecule has 0 saturated carbocycles. The fraction of sp³-hybridized carbons (Fsp3) is 0. The van der Waals surface area contributed by atoms with Gasteiger partial charge < -0.3 is 0 Å². The standard InChI is InChI=1S/C34H20S2/c1-2-8-21(9-3-1)31-24-10-4-6-12-26(24)32(27-13-7-5-11-25(27)31)23-15-16-29-28(20-23)33-30(36-29)17-14-22-18-19-35-34(22)33/h1-20H. The van der Waals surface area contributed by atoms with Crippen LogP contribution < -0.4 is 0 Å². The Hall–Kier alpha value is -3.98. The highest BCUT2D eigenvalue weighted by molar-refractivity contribution is 7.27. The third-order valence-electron chi connectivity index (χ3n) is 7.33. The molecule has 2 aromatic heterocycles. The first-order chi connectivity index (χ1) is 17.9. The Balaban J connectivity index is 1.52. The highest BCUT2D eigenvalue weighted by Crippen LogP contribution is 2.46. The SMILES string of the molecule is c1ccc(-c2c3ccccc3c(-c3ccc4sc5ccc6ccsc6c5c4c3)c3ccccc23)cc1. The zero-order valence-corrected chi connectivity index (χ0v) is 21.0. The Morgan fingerprint density at radius 1 is 0.444 bits per heavy atom. The minimum atomic E-state index is 1.26. The van der Waals surface area contributed by atoms with Gasteiger partial charge in [-0.15, -0.1) is 22.7 Å². The number of rotatable bonds is 2. The minimum absolute atomic E-state index is 1.26. The van der Waals surface area contributed by atoms with Crippen LogP contribution in [-0.4, -0.2) is 0 Å². The number of hydrogen-bond donors (Lipinski definition) is 0. The van der Waals surface area contributed by atoms with Gasteiger partial charge in [0, 0.05) is 24.9 Å². The maximum atomic E-state index is 2.43. The highest BCUT2D eigenvalue weighted by Gasteiger charge is 2.17. The van der Waals surface area contributed by atoms with E-state index in [1.165, 1.54) is 74.1 Å². The third-order valence-corrected chi connectivity index (χ3v) is 9.42. The first kappa shape index (κ1) is 20.2. The number of fused-ring (bicyclic) bond motifs is 7. The van der Waals surface area contributed by atoms with Crippen molar-refractivity contribution in [1.82, 2.24) is 0 Å². The normalized spacial score (nSPS) is 11.9. The average Bonchev–Trinajstić information content (AvgIpc) is 3.56. The van der Waals surface area contributed by atoms with Gasteiger partial charge in [0.05, 0.1) is 0 Å². The molecule has 168 valence electrons. The molecular weight excluding hydrogens is 473 g/mol. The molecule has 0 nitrogen and oxygen atoms in total. The van der Waals surface area contributed by atoms with E-state index in [1.54, 1.807) is 0 Å². The van der Waals surface area contributed by atoms with Gasteiger partial charge in [0.2, 0.25) is 0 Å². The molecule has 2 heteroatoms. The second-order valence-electron chi connectivity index (χ2n) is 9.30. The Morgan fingerprint density at radius 2 is 1.06 bits per heavy atom. The van der Waals surface area contributed by atoms with E-state index in [0.717, 1.165) is 0 Å². The molecule has 0 fully saturated rings. The topological polar surface area (TPSA) is 0 Å². The Kier molecular flexibility index (Phi) is 4.36. The van der Waals surface area contributed by atoms with Gasteiger partial charge in [0.1, 0.15) is 0 Å². The van der Waals surface area contributed by atoms with E-state index in [9.17, 15) is 0 Å². The maximum absolute atomic E-state index is 2.43. The molecule has 0 N–H and O–H groups in total. The molecule has 0 spiro atoms. The lowest BCUT2D eigenvalue weighted by Crippen LogP contribution is -1.90. The average molecular weight is 493 g/mol. The van der Waals surface area contributed by atoms with Crippen LogP contribution in [-0.2, 0) is 0 Å². The molecule has 0 atom stereocenters. The fourth-order valence-corrected chi connectivity index (χ4v) is 7.92. The van der Waals surface area contributed by atoms with Gasteiger partial charge in [-0.1, -0.05) is 91.0 Å². The van der Waals surface area contributed by atoms with Crippen molar-refractivity contribution in [2.45, 2.75) is 0 Å². The Labute approximate surface area is 216 Å². The van der Waals surface area contributed by atoms with Gasteiger partial charge in [-0.05, 0) is 78.8 Å². The van der Waals surface area contributed by atoms with Gasteiger partial charge in [-0.3, -0.25) is 0 Å². The highest BCUT2D eigenvalue weighted by atomic mass is 32.1. The smallest absolute Gasteiger partial charge is 0.0435 e. The maximum Gasteiger partial charge on any atom is 0.0435 e. The van der Waals surface area contributed by atoms with Crippen LogP contribution in [0.25, 0.3) is 74.1 Å². The van der Waals surface area contributed by atoms with Gasteiger partial charge in [0.25, 0.3) is 0 Å². The van der Waals surface area contributed by atoms with Crippen molar-refractivity contribution < 1.29 is 0 Å². The van der Waals surface area contributed by atoms with Crippen molar-refractivity contribution in [2.75, 3.05) is 0 Å². The van der Waals surface area contributed by atoms with Crippen LogP contribution in [0.1, 0.15) is 0 Å². The molecule has 8 rings (SSSR count). The molecule has 0 aliphatic heterocycles. The fourth-order valence-electron chi connectivity index (χ4n) is 5.80. The summed E-state index contributed by atoms with van der Waals surface area (Å²) in [5.41, 5.74) is 5.17. The first-order valence-corrected chi connectivity index (χ1v) is 13.9. The summed E-state index contributed by atoms with van der Waals surface area (Å²) < 4.78 is 4.11. The summed E-state index contributed by atoms with van der Waals surface area (Å²) in [4.78, 5) is 0. The molecule has 36 heavy (non-hydrogen) atoms. The van der Waals surface area contributed by atoms with E-state index in [0.29, 0.717) is 0 Å². The van der Waals surface area contributed by atoms with Crippen molar-refractivity contribution in [2.24, 2.45) is 0 Å². The molecule has 0 saturated heterocycles. The number of thiophene rings is 2. The van der Waals surface area contributed by atoms with E-state index in [1.807, 2.05) is 22.7 Å². The van der Waals surface area contributed by atoms with Crippen molar-refractivity contribution in [3.05, 3.63) is 121 Å². The Morgan fingerprint density at radius 3 is 1.75 bits per heavy atom. The van der Waals surface area contributed by atoms with Crippen molar-refractivity contribution in [3.8, 4) is 22.3 Å². The molecule has 0 amide bonds. The summed E-state index contributed by atoms with van der Waals surface area (Å²) in [6, 6.07) is 42.5. The van der Waals surface area contributed by atoms with Crippen LogP contribution in [0.2, 0.25) is 0 Å². The van der Waals surface area contributed by atoms with Gasteiger partial charge >= 0.3 is 0 Å². The van der Waals surface area contributed by atoms with Crippen molar-refractivity contribution >= 4 is 74.5 Å². The van der Waals surface area contributed by atoms with Crippen LogP contribution in [0.4, 0.5) is 0 Å². The van der Waals surface area contributed by atoms with E-state index >= 15 is 0 Å². The second kappa shape index (κ2) is 7.76. The third kappa shape index (κ3) is 2.86. The quantitative estimate of drug-likeness (QED) is 0.211.